The summed E-state index contributed by atoms with van der Waals surface area (Å²) in [5.74, 6) is 0.464. The topological polar surface area (TPSA) is 85.8 Å². The van der Waals surface area contributed by atoms with Gasteiger partial charge in [-0.25, -0.2) is 4.98 Å². The first-order chi connectivity index (χ1) is 10.6. The number of hydrogen-bond donors (Lipinski definition) is 2. The molecule has 118 valence electrons. The van der Waals surface area contributed by atoms with Crippen LogP contribution in [0.3, 0.4) is 0 Å². The fourth-order valence-corrected chi connectivity index (χ4v) is 2.12. The average Bonchev–Trinajstić information content (AvgIpc) is 3.04. The zero-order chi connectivity index (χ0) is 15.9. The lowest BCUT2D eigenvalue weighted by molar-refractivity contribution is -0.121. The minimum Gasteiger partial charge on any atom is -0.354 e. The molecule has 1 heterocycles. The monoisotopic (exact) mass is 301 g/mol. The Morgan fingerprint density at radius 3 is 2.55 bits per heavy atom. The van der Waals surface area contributed by atoms with Gasteiger partial charge in [0.2, 0.25) is 5.91 Å². The van der Waals surface area contributed by atoms with Gasteiger partial charge in [0, 0.05) is 19.0 Å². The van der Waals surface area contributed by atoms with E-state index in [0.717, 1.165) is 5.56 Å². The Morgan fingerprint density at radius 1 is 1.27 bits per heavy atom. The molecule has 6 heteroatoms. The molecule has 0 aliphatic carbocycles. The Kier molecular flexibility index (Phi) is 5.66. The number of hydrogen-bond acceptors (Lipinski definition) is 4. The molecule has 1 aromatic heterocycles. The van der Waals surface area contributed by atoms with Gasteiger partial charge in [0.05, 0.1) is 6.54 Å². The molecule has 1 unspecified atom stereocenters. The van der Waals surface area contributed by atoms with Gasteiger partial charge in [-0.15, -0.1) is 0 Å². The van der Waals surface area contributed by atoms with Crippen molar-refractivity contribution in [3.05, 3.63) is 48.0 Å². The summed E-state index contributed by atoms with van der Waals surface area (Å²) in [6.07, 6.45) is 3.41. The molecular weight excluding hydrogens is 278 g/mol. The summed E-state index contributed by atoms with van der Waals surface area (Å²) in [6.45, 7) is 5.26. The third kappa shape index (κ3) is 4.66. The van der Waals surface area contributed by atoms with Crippen LogP contribution in [0.1, 0.15) is 43.4 Å². The van der Waals surface area contributed by atoms with Gasteiger partial charge in [0.25, 0.3) is 0 Å². The van der Waals surface area contributed by atoms with E-state index in [1.54, 1.807) is 11.0 Å². The lowest BCUT2D eigenvalue weighted by Gasteiger charge is -2.14. The maximum Gasteiger partial charge on any atom is 0.221 e. The summed E-state index contributed by atoms with van der Waals surface area (Å²) >= 11 is 0. The molecule has 6 nitrogen and oxygen atoms in total. The molecule has 22 heavy (non-hydrogen) atoms. The van der Waals surface area contributed by atoms with Crippen molar-refractivity contribution >= 4 is 5.91 Å². The first-order valence-electron chi connectivity index (χ1n) is 7.51. The van der Waals surface area contributed by atoms with Crippen LogP contribution < -0.4 is 11.1 Å². The van der Waals surface area contributed by atoms with Gasteiger partial charge < -0.3 is 11.1 Å². The quantitative estimate of drug-likeness (QED) is 0.813. The second-order valence-corrected chi connectivity index (χ2v) is 5.64. The number of aryl methyl sites for hydroxylation is 1. The summed E-state index contributed by atoms with van der Waals surface area (Å²) < 4.78 is 1.63. The lowest BCUT2D eigenvalue weighted by Crippen LogP contribution is -2.32. The standard InChI is InChI=1S/C16H23N5O/c1-12(2)13-3-5-14(6-4-13)15(17)9-19-16(22)7-8-21-11-18-10-20-21/h3-6,10-12,15H,7-9,17H2,1-2H3,(H,19,22). The van der Waals surface area contributed by atoms with Crippen LogP contribution in [-0.2, 0) is 11.3 Å². The molecule has 2 aromatic rings. The number of carbonyl (C=O) groups excluding carboxylic acids is 1. The smallest absolute Gasteiger partial charge is 0.221 e. The van der Waals surface area contributed by atoms with Crippen molar-refractivity contribution in [1.29, 1.82) is 0 Å². The number of amides is 1. The first kappa shape index (κ1) is 16.2. The number of nitrogens with one attached hydrogen (secondary N) is 1. The second-order valence-electron chi connectivity index (χ2n) is 5.64. The van der Waals surface area contributed by atoms with Crippen LogP contribution >= 0.6 is 0 Å². The number of benzene rings is 1. The summed E-state index contributed by atoms with van der Waals surface area (Å²) in [4.78, 5) is 15.6. The van der Waals surface area contributed by atoms with Crippen LogP contribution in [0, 0.1) is 0 Å². The molecule has 3 N–H and O–H groups in total. The number of aromatic nitrogens is 3. The number of nitrogens with two attached hydrogens (primary N) is 1. The SMILES string of the molecule is CC(C)c1ccc(C(N)CNC(=O)CCn2cncn2)cc1. The van der Waals surface area contributed by atoms with E-state index in [0.29, 0.717) is 25.4 Å². The van der Waals surface area contributed by atoms with E-state index in [9.17, 15) is 4.79 Å². The third-order valence-corrected chi connectivity index (χ3v) is 3.58. The molecule has 0 fully saturated rings. The maximum absolute atomic E-state index is 11.8. The number of rotatable bonds is 7. The molecule has 0 saturated carbocycles. The Bertz CT molecular complexity index is 577. The molecule has 0 aliphatic rings. The molecule has 0 radical (unpaired) electrons. The largest absolute Gasteiger partial charge is 0.354 e. The molecule has 0 spiro atoms. The maximum atomic E-state index is 11.8. The molecule has 2 rings (SSSR count). The van der Waals surface area contributed by atoms with E-state index in [-0.39, 0.29) is 11.9 Å². The molecule has 1 amide bonds. The van der Waals surface area contributed by atoms with Crippen LogP contribution in [0.2, 0.25) is 0 Å². The van der Waals surface area contributed by atoms with Crippen LogP contribution in [-0.4, -0.2) is 27.2 Å². The van der Waals surface area contributed by atoms with Crippen molar-refractivity contribution in [2.75, 3.05) is 6.54 Å². The van der Waals surface area contributed by atoms with Crippen LogP contribution in [0.5, 0.6) is 0 Å². The van der Waals surface area contributed by atoms with E-state index in [1.807, 2.05) is 12.1 Å². The molecular formula is C16H23N5O. The third-order valence-electron chi connectivity index (χ3n) is 3.58. The van der Waals surface area contributed by atoms with Crippen LogP contribution in [0.4, 0.5) is 0 Å². The highest BCUT2D eigenvalue weighted by Crippen LogP contribution is 2.17. The molecule has 0 saturated heterocycles. The minimum absolute atomic E-state index is 0.0373. The minimum atomic E-state index is -0.198. The van der Waals surface area contributed by atoms with Crippen molar-refractivity contribution < 1.29 is 4.79 Å². The number of carbonyl (C=O) groups is 1. The van der Waals surface area contributed by atoms with E-state index >= 15 is 0 Å². The highest BCUT2D eigenvalue weighted by atomic mass is 16.1. The Labute approximate surface area is 130 Å². The van der Waals surface area contributed by atoms with Crippen molar-refractivity contribution in [3.8, 4) is 0 Å². The highest BCUT2D eigenvalue weighted by molar-refractivity contribution is 5.75. The van der Waals surface area contributed by atoms with Gasteiger partial charge in [-0.2, -0.15) is 5.10 Å². The molecule has 0 aliphatic heterocycles. The first-order valence-corrected chi connectivity index (χ1v) is 7.51. The second kappa shape index (κ2) is 7.70. The zero-order valence-corrected chi connectivity index (χ0v) is 13.1. The molecule has 0 bridgehead atoms. The lowest BCUT2D eigenvalue weighted by atomic mass is 9.99. The van der Waals surface area contributed by atoms with Crippen LogP contribution in [0.25, 0.3) is 0 Å². The summed E-state index contributed by atoms with van der Waals surface area (Å²) in [6, 6.07) is 8.04. The van der Waals surface area contributed by atoms with Gasteiger partial charge >= 0.3 is 0 Å². The van der Waals surface area contributed by atoms with E-state index in [1.165, 1.54) is 11.9 Å². The normalized spacial score (nSPS) is 12.4. The molecule has 1 atom stereocenters. The Balaban J connectivity index is 1.76. The Hall–Kier alpha value is -2.21. The highest BCUT2D eigenvalue weighted by Gasteiger charge is 2.09. The van der Waals surface area contributed by atoms with E-state index in [4.69, 9.17) is 5.73 Å². The van der Waals surface area contributed by atoms with Crippen molar-refractivity contribution in [1.82, 2.24) is 20.1 Å². The number of nitrogens with zero attached hydrogens (tertiary/aromatic N) is 3. The summed E-state index contributed by atoms with van der Waals surface area (Å²) in [7, 11) is 0. The van der Waals surface area contributed by atoms with E-state index in [2.05, 4.69) is 41.4 Å². The predicted molar refractivity (Wildman–Crippen MR) is 85.1 cm³/mol. The van der Waals surface area contributed by atoms with Gasteiger partial charge in [-0.1, -0.05) is 38.1 Å². The van der Waals surface area contributed by atoms with Gasteiger partial charge in [0.15, 0.2) is 0 Å². The average molecular weight is 301 g/mol. The van der Waals surface area contributed by atoms with Crippen molar-refractivity contribution in [2.24, 2.45) is 5.73 Å². The van der Waals surface area contributed by atoms with Crippen molar-refractivity contribution in [3.63, 3.8) is 0 Å². The zero-order valence-electron chi connectivity index (χ0n) is 13.1. The van der Waals surface area contributed by atoms with Crippen LogP contribution in [0.15, 0.2) is 36.9 Å². The summed E-state index contributed by atoms with van der Waals surface area (Å²) in [5, 5.41) is 6.81. The van der Waals surface area contributed by atoms with E-state index < -0.39 is 0 Å². The van der Waals surface area contributed by atoms with Gasteiger partial charge in [0.1, 0.15) is 12.7 Å². The summed E-state index contributed by atoms with van der Waals surface area (Å²) in [5.41, 5.74) is 8.43. The van der Waals surface area contributed by atoms with Gasteiger partial charge in [-0.3, -0.25) is 9.48 Å². The molecule has 1 aromatic carbocycles. The predicted octanol–water partition coefficient (Wildman–Crippen LogP) is 1.61. The Morgan fingerprint density at radius 2 is 1.95 bits per heavy atom. The fourth-order valence-electron chi connectivity index (χ4n) is 2.12. The van der Waals surface area contributed by atoms with Gasteiger partial charge in [-0.05, 0) is 17.0 Å². The van der Waals surface area contributed by atoms with Crippen molar-refractivity contribution in [2.45, 2.75) is 38.8 Å². The fraction of sp³-hybridized carbons (Fsp3) is 0.438.